The molecule has 0 saturated carbocycles. The number of nitrogens with one attached hydrogen (secondary N) is 2. The van der Waals surface area contributed by atoms with E-state index in [2.05, 4.69) is 25.5 Å². The Balaban J connectivity index is 1.17. The Bertz CT molecular complexity index is 1290. The number of ether oxygens (including phenoxy) is 2. The van der Waals surface area contributed by atoms with E-state index in [9.17, 15) is 18.7 Å². The number of aliphatic hydroxyl groups is 1. The lowest BCUT2D eigenvalue weighted by Crippen LogP contribution is -2.31. The maximum Gasteiger partial charge on any atom is 0.263 e. The number of hydrogen-bond donors (Lipinski definition) is 3. The summed E-state index contributed by atoms with van der Waals surface area (Å²) in [4.78, 5) is 21.9. The second-order valence-electron chi connectivity index (χ2n) is 9.04. The van der Waals surface area contributed by atoms with Crippen molar-refractivity contribution in [2.24, 2.45) is 5.92 Å². The first-order valence-electron chi connectivity index (χ1n) is 11.8. The van der Waals surface area contributed by atoms with Crippen molar-refractivity contribution >= 4 is 22.6 Å². The molecule has 3 N–H and O–H groups in total. The van der Waals surface area contributed by atoms with Gasteiger partial charge in [0, 0.05) is 55.7 Å². The van der Waals surface area contributed by atoms with E-state index in [0.29, 0.717) is 67.4 Å². The van der Waals surface area contributed by atoms with Gasteiger partial charge in [-0.15, -0.1) is 0 Å². The van der Waals surface area contributed by atoms with Crippen LogP contribution in [0.15, 0.2) is 30.5 Å². The predicted octanol–water partition coefficient (Wildman–Crippen LogP) is 1.87. The van der Waals surface area contributed by atoms with E-state index in [0.717, 1.165) is 11.9 Å². The van der Waals surface area contributed by atoms with E-state index < -0.39 is 17.7 Å². The molecule has 1 aromatic carbocycles. The molecule has 2 aliphatic rings. The van der Waals surface area contributed by atoms with Crippen LogP contribution >= 0.6 is 0 Å². The van der Waals surface area contributed by atoms with Crippen LogP contribution in [0.25, 0.3) is 10.9 Å². The fourth-order valence-electron chi connectivity index (χ4n) is 4.72. The van der Waals surface area contributed by atoms with E-state index in [1.807, 2.05) is 6.07 Å². The number of carbonyl (C=O) groups excluding carboxylic acids is 1. The minimum absolute atomic E-state index is 0.0118. The van der Waals surface area contributed by atoms with Crippen molar-refractivity contribution in [3.8, 4) is 11.5 Å². The Labute approximate surface area is 206 Å². The van der Waals surface area contributed by atoms with Gasteiger partial charge in [-0.25, -0.2) is 13.8 Å². The molecule has 1 fully saturated rings. The van der Waals surface area contributed by atoms with Crippen molar-refractivity contribution in [1.29, 1.82) is 0 Å². The van der Waals surface area contributed by atoms with Crippen LogP contribution in [0.1, 0.15) is 11.3 Å². The Morgan fingerprint density at radius 3 is 2.97 bits per heavy atom. The molecule has 190 valence electrons. The maximum atomic E-state index is 14.6. The van der Waals surface area contributed by atoms with Gasteiger partial charge in [-0.3, -0.25) is 9.78 Å². The first-order valence-corrected chi connectivity index (χ1v) is 11.8. The molecule has 36 heavy (non-hydrogen) atoms. The highest BCUT2D eigenvalue weighted by atomic mass is 19.1. The summed E-state index contributed by atoms with van der Waals surface area (Å²) in [5.74, 6) is -0.0464. The molecule has 1 saturated heterocycles. The number of pyridine rings is 2. The van der Waals surface area contributed by atoms with Crippen molar-refractivity contribution in [3.05, 3.63) is 53.4 Å². The molecule has 0 unspecified atom stereocenters. The molecule has 4 heterocycles. The van der Waals surface area contributed by atoms with Crippen LogP contribution < -0.4 is 20.1 Å². The van der Waals surface area contributed by atoms with E-state index in [-0.39, 0.29) is 23.9 Å². The summed E-state index contributed by atoms with van der Waals surface area (Å²) in [6.07, 6.45) is 0.862. The standard InChI is InChI=1S/C25H27F2N5O4/c1-35-16-6-18-17(20(27)10-29-24(18)19(26)7-16)4-5-32-11-14(21(33)12-32)8-28-9-15-2-3-22-25(30-15)31-23(34)13-36-22/h2-3,6-7,10,14,21,28,33H,4-5,8-9,11-13H2,1H3,(H,30,31,34)/t14-,21+/m0/s1. The number of rotatable bonds is 8. The van der Waals surface area contributed by atoms with Crippen molar-refractivity contribution in [1.82, 2.24) is 20.2 Å². The fraction of sp³-hybridized carbons (Fsp3) is 0.400. The van der Waals surface area contributed by atoms with Gasteiger partial charge < -0.3 is 30.1 Å². The number of β-amino-alcohol motifs (C(OH)–C–C–N with tert-alkyl or cyclic N) is 1. The van der Waals surface area contributed by atoms with Gasteiger partial charge in [0.05, 0.1) is 25.1 Å². The second kappa shape index (κ2) is 10.3. The van der Waals surface area contributed by atoms with E-state index in [1.165, 1.54) is 13.2 Å². The Morgan fingerprint density at radius 2 is 2.14 bits per heavy atom. The molecule has 5 rings (SSSR count). The third kappa shape index (κ3) is 5.08. The molecule has 2 atom stereocenters. The average molecular weight is 500 g/mol. The summed E-state index contributed by atoms with van der Waals surface area (Å²) in [5.41, 5.74) is 1.23. The molecular weight excluding hydrogens is 472 g/mol. The van der Waals surface area contributed by atoms with Crippen LogP contribution in [0.2, 0.25) is 0 Å². The number of aliphatic hydroxyl groups excluding tert-OH is 1. The van der Waals surface area contributed by atoms with Gasteiger partial charge in [-0.2, -0.15) is 0 Å². The number of aromatic nitrogens is 2. The molecule has 0 aliphatic carbocycles. The SMILES string of the molecule is COc1cc(F)c2ncc(F)c(CCN3C[C@H](CNCc4ccc5c(n4)NC(=O)CO5)[C@H](O)C3)c2c1. The molecule has 0 bridgehead atoms. The van der Waals surface area contributed by atoms with Crippen LogP contribution in [0.5, 0.6) is 11.5 Å². The molecule has 0 spiro atoms. The number of anilines is 1. The Kier molecular flexibility index (Phi) is 6.95. The molecule has 1 amide bonds. The number of hydrogen-bond acceptors (Lipinski definition) is 8. The molecule has 0 radical (unpaired) electrons. The molecule has 11 heteroatoms. The summed E-state index contributed by atoms with van der Waals surface area (Å²) in [6.45, 7) is 2.63. The molecule has 9 nitrogen and oxygen atoms in total. The summed E-state index contributed by atoms with van der Waals surface area (Å²) in [5, 5.41) is 17.0. The number of halogens is 2. The third-order valence-electron chi connectivity index (χ3n) is 6.60. The number of amides is 1. The van der Waals surface area contributed by atoms with Crippen molar-refractivity contribution in [2.45, 2.75) is 19.1 Å². The lowest BCUT2D eigenvalue weighted by Gasteiger charge is -2.18. The largest absolute Gasteiger partial charge is 0.497 e. The summed E-state index contributed by atoms with van der Waals surface area (Å²) < 4.78 is 39.5. The highest BCUT2D eigenvalue weighted by molar-refractivity contribution is 5.94. The number of benzene rings is 1. The number of nitrogens with zero attached hydrogens (tertiary/aromatic N) is 3. The maximum absolute atomic E-state index is 14.6. The predicted molar refractivity (Wildman–Crippen MR) is 128 cm³/mol. The smallest absolute Gasteiger partial charge is 0.263 e. The molecule has 2 aromatic heterocycles. The van der Waals surface area contributed by atoms with Gasteiger partial charge in [0.15, 0.2) is 24.0 Å². The van der Waals surface area contributed by atoms with Crippen molar-refractivity contribution in [3.63, 3.8) is 0 Å². The minimum Gasteiger partial charge on any atom is -0.497 e. The van der Waals surface area contributed by atoms with Crippen LogP contribution in [0, 0.1) is 17.6 Å². The lowest BCUT2D eigenvalue weighted by molar-refractivity contribution is -0.118. The minimum atomic E-state index is -0.559. The van der Waals surface area contributed by atoms with Crippen molar-refractivity contribution in [2.75, 3.05) is 45.2 Å². The summed E-state index contributed by atoms with van der Waals surface area (Å²) in [7, 11) is 1.43. The molecular formula is C25H27F2N5O4. The number of fused-ring (bicyclic) bond motifs is 2. The van der Waals surface area contributed by atoms with Crippen LogP contribution in [0.3, 0.4) is 0 Å². The van der Waals surface area contributed by atoms with Crippen LogP contribution in [0.4, 0.5) is 14.6 Å². The highest BCUT2D eigenvalue weighted by Crippen LogP contribution is 2.28. The lowest BCUT2D eigenvalue weighted by atomic mass is 10.0. The molecule has 2 aliphatic heterocycles. The van der Waals surface area contributed by atoms with E-state index in [1.54, 1.807) is 12.1 Å². The van der Waals surface area contributed by atoms with Crippen LogP contribution in [-0.2, 0) is 17.8 Å². The third-order valence-corrected chi connectivity index (χ3v) is 6.60. The quantitative estimate of drug-likeness (QED) is 0.431. The van der Waals surface area contributed by atoms with Crippen LogP contribution in [-0.4, -0.2) is 71.9 Å². The zero-order chi connectivity index (χ0) is 25.2. The molecule has 3 aromatic rings. The fourth-order valence-corrected chi connectivity index (χ4v) is 4.72. The monoisotopic (exact) mass is 499 g/mol. The second-order valence-corrected chi connectivity index (χ2v) is 9.04. The zero-order valence-corrected chi connectivity index (χ0v) is 19.8. The number of carbonyl (C=O) groups is 1. The van der Waals surface area contributed by atoms with Crippen molar-refractivity contribution < 1.29 is 28.2 Å². The topological polar surface area (TPSA) is 109 Å². The van der Waals surface area contributed by atoms with Gasteiger partial charge in [-0.05, 0) is 24.6 Å². The summed E-state index contributed by atoms with van der Waals surface area (Å²) >= 11 is 0. The van der Waals surface area contributed by atoms with Gasteiger partial charge in [0.25, 0.3) is 5.91 Å². The van der Waals surface area contributed by atoms with Gasteiger partial charge >= 0.3 is 0 Å². The average Bonchev–Trinajstić information content (AvgIpc) is 3.22. The van der Waals surface area contributed by atoms with Gasteiger partial charge in [-0.1, -0.05) is 0 Å². The highest BCUT2D eigenvalue weighted by Gasteiger charge is 2.31. The van der Waals surface area contributed by atoms with E-state index >= 15 is 0 Å². The Hall–Kier alpha value is -3.41. The first-order chi connectivity index (χ1) is 17.4. The number of methoxy groups -OCH3 is 1. The van der Waals surface area contributed by atoms with Gasteiger partial charge in [0.1, 0.15) is 17.1 Å². The normalized spacial score (nSPS) is 19.7. The van der Waals surface area contributed by atoms with Gasteiger partial charge in [0.2, 0.25) is 0 Å². The summed E-state index contributed by atoms with van der Waals surface area (Å²) in [6, 6.07) is 6.43. The zero-order valence-electron chi connectivity index (χ0n) is 19.8. The number of likely N-dealkylation sites (tertiary alicyclic amines) is 1. The first kappa shape index (κ1) is 24.3. The Morgan fingerprint density at radius 1 is 1.28 bits per heavy atom. The van der Waals surface area contributed by atoms with E-state index in [4.69, 9.17) is 9.47 Å².